The Labute approximate surface area is 128 Å². The van der Waals surface area contributed by atoms with E-state index in [4.69, 9.17) is 15.4 Å². The van der Waals surface area contributed by atoms with Gasteiger partial charge >= 0.3 is 0 Å². The van der Waals surface area contributed by atoms with Gasteiger partial charge in [-0.2, -0.15) is 0 Å². The summed E-state index contributed by atoms with van der Waals surface area (Å²) in [6.45, 7) is 1.63. The lowest BCUT2D eigenvalue weighted by molar-refractivity contribution is 0.437. The van der Waals surface area contributed by atoms with Gasteiger partial charge in [0.05, 0.1) is 9.37 Å². The van der Waals surface area contributed by atoms with E-state index in [2.05, 4.69) is 15.9 Å². The molecule has 2 aromatic rings. The van der Waals surface area contributed by atoms with Gasteiger partial charge in [0, 0.05) is 10.7 Å². The van der Waals surface area contributed by atoms with Gasteiger partial charge in [-0.25, -0.2) is 12.8 Å². The maximum atomic E-state index is 13.8. The molecule has 0 aromatic heterocycles. The summed E-state index contributed by atoms with van der Waals surface area (Å²) in [5.74, 6) is -0.112. The molecule has 2 aromatic carbocycles. The van der Waals surface area contributed by atoms with Crippen LogP contribution in [0.3, 0.4) is 0 Å². The fourth-order valence-electron chi connectivity index (χ4n) is 1.53. The van der Waals surface area contributed by atoms with Crippen LogP contribution in [-0.4, -0.2) is 8.42 Å². The first-order valence-corrected chi connectivity index (χ1v) is 8.56. The zero-order valence-electron chi connectivity index (χ0n) is 10.2. The molecule has 0 amide bonds. The topological polar surface area (TPSA) is 43.4 Å². The summed E-state index contributed by atoms with van der Waals surface area (Å²) in [6, 6.07) is 8.77. The molecule has 0 N–H and O–H groups in total. The van der Waals surface area contributed by atoms with E-state index in [0.717, 1.165) is 0 Å². The van der Waals surface area contributed by atoms with Gasteiger partial charge in [-0.05, 0) is 52.7 Å². The van der Waals surface area contributed by atoms with Crippen molar-refractivity contribution in [1.29, 1.82) is 0 Å². The lowest BCUT2D eigenvalue weighted by Gasteiger charge is -2.10. The summed E-state index contributed by atoms with van der Waals surface area (Å²) >= 11 is 3.17. The molecule has 0 bridgehead atoms. The predicted octanol–water partition coefficient (Wildman–Crippen LogP) is 4.62. The molecule has 0 radical (unpaired) electrons. The van der Waals surface area contributed by atoms with Crippen molar-refractivity contribution in [2.24, 2.45) is 0 Å². The van der Waals surface area contributed by atoms with E-state index < -0.39 is 14.9 Å². The molecular formula is C13H9BrClFO3S. The number of hydrogen-bond donors (Lipinski definition) is 0. The molecule has 7 heteroatoms. The van der Waals surface area contributed by atoms with Gasteiger partial charge in [-0.15, -0.1) is 0 Å². The third-order valence-corrected chi connectivity index (χ3v) is 4.53. The summed E-state index contributed by atoms with van der Waals surface area (Å²) in [7, 11) is 1.42. The Morgan fingerprint density at radius 3 is 2.50 bits per heavy atom. The molecule has 0 unspecified atom stereocenters. The van der Waals surface area contributed by atoms with Gasteiger partial charge in [0.25, 0.3) is 9.05 Å². The number of aryl methyl sites for hydroxylation is 1. The predicted molar refractivity (Wildman–Crippen MR) is 78.4 cm³/mol. The van der Waals surface area contributed by atoms with Crippen molar-refractivity contribution in [3.8, 4) is 11.5 Å². The van der Waals surface area contributed by atoms with Crippen molar-refractivity contribution in [1.82, 2.24) is 0 Å². The van der Waals surface area contributed by atoms with Gasteiger partial charge in [0.1, 0.15) is 5.75 Å². The third-order valence-electron chi connectivity index (χ3n) is 2.56. The Balaban J connectivity index is 2.38. The lowest BCUT2D eigenvalue weighted by Crippen LogP contribution is -1.94. The molecule has 20 heavy (non-hydrogen) atoms. The highest BCUT2D eigenvalue weighted by molar-refractivity contribution is 9.10. The average Bonchev–Trinajstić information content (AvgIpc) is 2.36. The SMILES string of the molecule is Cc1cccc(Oc2ccc(S(=O)(=O)Cl)cc2Br)c1F. The minimum atomic E-state index is -3.82. The maximum absolute atomic E-state index is 13.8. The molecule has 0 spiro atoms. The van der Waals surface area contributed by atoms with Crippen molar-refractivity contribution in [2.75, 3.05) is 0 Å². The Kier molecular flexibility index (Phi) is 4.36. The largest absolute Gasteiger partial charge is 0.453 e. The average molecular weight is 380 g/mol. The summed E-state index contributed by atoms with van der Waals surface area (Å²) in [6.07, 6.45) is 0. The molecule has 2 rings (SSSR count). The maximum Gasteiger partial charge on any atom is 0.261 e. The number of hydrogen-bond acceptors (Lipinski definition) is 3. The van der Waals surface area contributed by atoms with E-state index in [1.807, 2.05) is 0 Å². The van der Waals surface area contributed by atoms with E-state index in [1.54, 1.807) is 19.1 Å². The Hall–Kier alpha value is -1.11. The molecule has 0 saturated heterocycles. The molecular weight excluding hydrogens is 371 g/mol. The van der Waals surface area contributed by atoms with Crippen molar-refractivity contribution >= 4 is 35.7 Å². The third kappa shape index (κ3) is 3.31. The second kappa shape index (κ2) is 5.71. The van der Waals surface area contributed by atoms with E-state index in [1.165, 1.54) is 24.3 Å². The Morgan fingerprint density at radius 2 is 1.90 bits per heavy atom. The summed E-state index contributed by atoms with van der Waals surface area (Å²) in [4.78, 5) is -0.0666. The van der Waals surface area contributed by atoms with Crippen LogP contribution < -0.4 is 4.74 Å². The highest BCUT2D eigenvalue weighted by atomic mass is 79.9. The molecule has 0 heterocycles. The first-order valence-electron chi connectivity index (χ1n) is 5.46. The Bertz CT molecular complexity index is 762. The minimum Gasteiger partial charge on any atom is -0.453 e. The first kappa shape index (κ1) is 15.3. The van der Waals surface area contributed by atoms with Crippen LogP contribution in [-0.2, 0) is 9.05 Å². The van der Waals surface area contributed by atoms with E-state index in [-0.39, 0.29) is 10.6 Å². The van der Waals surface area contributed by atoms with Gasteiger partial charge in [0.2, 0.25) is 0 Å². The smallest absolute Gasteiger partial charge is 0.261 e. The fourth-order valence-corrected chi connectivity index (χ4v) is 2.92. The second-order valence-electron chi connectivity index (χ2n) is 4.02. The lowest BCUT2D eigenvalue weighted by atomic mass is 10.2. The normalized spacial score (nSPS) is 11.4. The van der Waals surface area contributed by atoms with E-state index >= 15 is 0 Å². The van der Waals surface area contributed by atoms with Crippen LogP contribution in [0.15, 0.2) is 45.8 Å². The summed E-state index contributed by atoms with van der Waals surface area (Å²) < 4.78 is 42.0. The van der Waals surface area contributed by atoms with Crippen LogP contribution in [0.2, 0.25) is 0 Å². The van der Waals surface area contributed by atoms with E-state index in [0.29, 0.717) is 15.8 Å². The van der Waals surface area contributed by atoms with Gasteiger partial charge < -0.3 is 4.74 Å². The highest BCUT2D eigenvalue weighted by Gasteiger charge is 2.14. The van der Waals surface area contributed by atoms with Crippen LogP contribution in [0.4, 0.5) is 4.39 Å². The monoisotopic (exact) mass is 378 g/mol. The number of benzene rings is 2. The van der Waals surface area contributed by atoms with Gasteiger partial charge in [-0.1, -0.05) is 12.1 Å². The van der Waals surface area contributed by atoms with Gasteiger partial charge in [-0.3, -0.25) is 0 Å². The zero-order valence-corrected chi connectivity index (χ0v) is 13.4. The van der Waals surface area contributed by atoms with Crippen LogP contribution in [0.25, 0.3) is 0 Å². The first-order chi connectivity index (χ1) is 9.29. The number of ether oxygens (including phenoxy) is 1. The van der Waals surface area contributed by atoms with Crippen molar-refractivity contribution in [3.63, 3.8) is 0 Å². The Morgan fingerprint density at radius 1 is 1.20 bits per heavy atom. The highest BCUT2D eigenvalue weighted by Crippen LogP contribution is 2.34. The molecule has 3 nitrogen and oxygen atoms in total. The van der Waals surface area contributed by atoms with Crippen LogP contribution >= 0.6 is 26.6 Å². The van der Waals surface area contributed by atoms with Crippen molar-refractivity contribution in [3.05, 3.63) is 52.3 Å². The molecule has 0 saturated carbocycles. The second-order valence-corrected chi connectivity index (χ2v) is 7.44. The van der Waals surface area contributed by atoms with Crippen molar-refractivity contribution < 1.29 is 17.5 Å². The molecule has 0 fully saturated rings. The number of halogens is 3. The van der Waals surface area contributed by atoms with Crippen LogP contribution in [0, 0.1) is 12.7 Å². The molecule has 0 atom stereocenters. The number of rotatable bonds is 3. The molecule has 106 valence electrons. The minimum absolute atomic E-state index is 0.0622. The quantitative estimate of drug-likeness (QED) is 0.731. The molecule has 0 aliphatic heterocycles. The van der Waals surface area contributed by atoms with E-state index in [9.17, 15) is 12.8 Å². The van der Waals surface area contributed by atoms with Crippen LogP contribution in [0.5, 0.6) is 11.5 Å². The summed E-state index contributed by atoms with van der Waals surface area (Å²) in [5, 5.41) is 0. The van der Waals surface area contributed by atoms with Crippen molar-refractivity contribution in [2.45, 2.75) is 11.8 Å². The summed E-state index contributed by atoms with van der Waals surface area (Å²) in [5.41, 5.74) is 0.457. The zero-order chi connectivity index (χ0) is 14.9. The fraction of sp³-hybridized carbons (Fsp3) is 0.0769. The molecule has 0 aliphatic carbocycles. The van der Waals surface area contributed by atoms with Gasteiger partial charge in [0.15, 0.2) is 11.6 Å². The molecule has 0 aliphatic rings. The van der Waals surface area contributed by atoms with Crippen LogP contribution in [0.1, 0.15) is 5.56 Å². The standard InChI is InChI=1S/C13H9BrClFO3S/c1-8-3-2-4-12(13(8)16)19-11-6-5-9(7-10(11)14)20(15,17)18/h2-7H,1H3.